The van der Waals surface area contributed by atoms with Gasteiger partial charge in [0.1, 0.15) is 5.75 Å². The van der Waals surface area contributed by atoms with E-state index >= 15 is 0 Å². The number of sulfonamides is 1. The number of carbonyl (C=O) groups excluding carboxylic acids is 1. The van der Waals surface area contributed by atoms with Crippen LogP contribution in [-0.2, 0) is 21.3 Å². The molecule has 1 aromatic rings. The number of carbonyl (C=O) groups is 1. The van der Waals surface area contributed by atoms with Gasteiger partial charge in [0.05, 0.1) is 18.0 Å². The third-order valence-corrected chi connectivity index (χ3v) is 4.25. The lowest BCUT2D eigenvalue weighted by Gasteiger charge is -2.13. The van der Waals surface area contributed by atoms with E-state index in [-0.39, 0.29) is 29.4 Å². The number of nitrogens with zero attached hydrogens (tertiary/aromatic N) is 1. The number of hydrogen-bond donors (Lipinski definition) is 1. The number of rotatable bonds is 1. The van der Waals surface area contributed by atoms with Gasteiger partial charge in [0.2, 0.25) is 0 Å². The van der Waals surface area contributed by atoms with E-state index < -0.39 is 16.1 Å². The molecule has 1 N–H and O–H groups in total. The molecule has 7 heteroatoms. The Hall–Kier alpha value is -1.76. The van der Waals surface area contributed by atoms with E-state index in [1.165, 1.54) is 18.2 Å². The summed E-state index contributed by atoms with van der Waals surface area (Å²) in [4.78, 5) is 11.4. The lowest BCUT2D eigenvalue weighted by atomic mass is 10.2. The van der Waals surface area contributed by atoms with E-state index in [4.69, 9.17) is 0 Å². The van der Waals surface area contributed by atoms with Crippen LogP contribution in [0.25, 0.3) is 0 Å². The number of amides is 1. The predicted molar refractivity (Wildman–Crippen MR) is 57.9 cm³/mol. The molecule has 2 rings (SSSR count). The zero-order valence-electron chi connectivity index (χ0n) is 9.08. The Bertz CT molecular complexity index is 566. The Morgan fingerprint density at radius 3 is 2.82 bits per heavy atom. The Morgan fingerprint density at radius 1 is 1.53 bits per heavy atom. The Kier molecular flexibility index (Phi) is 2.70. The molecule has 1 amide bonds. The summed E-state index contributed by atoms with van der Waals surface area (Å²) in [5, 5.41) is 9.55. The van der Waals surface area contributed by atoms with E-state index in [2.05, 4.69) is 4.74 Å². The van der Waals surface area contributed by atoms with Gasteiger partial charge < -0.3 is 9.84 Å². The molecule has 0 bridgehead atoms. The number of aromatic hydroxyl groups is 1. The topological polar surface area (TPSA) is 83.9 Å². The number of benzene rings is 1. The molecular weight excluding hydrogens is 246 g/mol. The van der Waals surface area contributed by atoms with E-state index in [1.54, 1.807) is 6.92 Å². The van der Waals surface area contributed by atoms with Crippen LogP contribution < -0.4 is 0 Å². The van der Waals surface area contributed by atoms with Crippen LogP contribution in [0.2, 0.25) is 0 Å². The summed E-state index contributed by atoms with van der Waals surface area (Å²) in [5.74, 6) is -0.141. The quantitative estimate of drug-likeness (QED) is 0.813. The Balaban J connectivity index is 2.47. The van der Waals surface area contributed by atoms with Gasteiger partial charge in [-0.2, -0.15) is 4.31 Å². The molecule has 17 heavy (non-hydrogen) atoms. The molecule has 6 nitrogen and oxygen atoms in total. The molecule has 0 fully saturated rings. The van der Waals surface area contributed by atoms with Gasteiger partial charge in [0.25, 0.3) is 10.0 Å². The lowest BCUT2D eigenvalue weighted by molar-refractivity contribution is 0.130. The van der Waals surface area contributed by atoms with Gasteiger partial charge in [-0.3, -0.25) is 0 Å². The molecule has 1 aliphatic rings. The summed E-state index contributed by atoms with van der Waals surface area (Å²) in [6, 6.07) is 4.15. The standard InChI is InChI=1S/C10H11NO5S/c1-2-16-10(13)11-6-7-8(12)4-3-5-9(7)17(11,14)15/h3-5,12H,2,6H2,1H3. The van der Waals surface area contributed by atoms with Crippen molar-refractivity contribution in [2.75, 3.05) is 6.61 Å². The second-order valence-electron chi connectivity index (χ2n) is 3.46. The molecule has 0 aliphatic carbocycles. The van der Waals surface area contributed by atoms with Crippen LogP contribution in [0.4, 0.5) is 4.79 Å². The maximum Gasteiger partial charge on any atom is 0.424 e. The minimum absolute atomic E-state index is 0.0504. The maximum atomic E-state index is 12.0. The fourth-order valence-electron chi connectivity index (χ4n) is 1.66. The summed E-state index contributed by atoms with van der Waals surface area (Å²) in [6.45, 7) is 1.49. The van der Waals surface area contributed by atoms with Crippen LogP contribution in [0.1, 0.15) is 12.5 Å². The van der Waals surface area contributed by atoms with Crippen LogP contribution in [0.15, 0.2) is 23.1 Å². The second kappa shape index (κ2) is 3.92. The molecule has 0 saturated heterocycles. The van der Waals surface area contributed by atoms with Gasteiger partial charge in [-0.15, -0.1) is 0 Å². The van der Waals surface area contributed by atoms with Gasteiger partial charge in [-0.05, 0) is 19.1 Å². The third kappa shape index (κ3) is 1.72. The van der Waals surface area contributed by atoms with E-state index in [0.29, 0.717) is 4.31 Å². The molecule has 0 unspecified atom stereocenters. The molecule has 0 radical (unpaired) electrons. The van der Waals surface area contributed by atoms with Crippen molar-refractivity contribution in [3.05, 3.63) is 23.8 Å². The zero-order valence-corrected chi connectivity index (χ0v) is 9.90. The first-order valence-corrected chi connectivity index (χ1v) is 6.43. The van der Waals surface area contributed by atoms with Crippen molar-refractivity contribution in [2.24, 2.45) is 0 Å². The minimum atomic E-state index is -3.89. The molecule has 92 valence electrons. The van der Waals surface area contributed by atoms with Crippen LogP contribution >= 0.6 is 0 Å². The van der Waals surface area contributed by atoms with Crippen LogP contribution in [-0.4, -0.2) is 30.5 Å². The number of phenols is 1. The first-order chi connectivity index (χ1) is 7.98. The monoisotopic (exact) mass is 257 g/mol. The third-order valence-electron chi connectivity index (χ3n) is 2.45. The summed E-state index contributed by atoms with van der Waals surface area (Å²) in [6.07, 6.45) is -0.928. The van der Waals surface area contributed by atoms with Crippen molar-refractivity contribution in [2.45, 2.75) is 18.4 Å². The van der Waals surface area contributed by atoms with E-state index in [0.717, 1.165) is 0 Å². The first-order valence-electron chi connectivity index (χ1n) is 4.99. The fourth-order valence-corrected chi connectivity index (χ4v) is 3.18. The highest BCUT2D eigenvalue weighted by atomic mass is 32.2. The Labute approximate surface area is 98.5 Å². The van der Waals surface area contributed by atoms with Gasteiger partial charge in [-0.1, -0.05) is 6.07 Å². The van der Waals surface area contributed by atoms with Gasteiger partial charge in [0, 0.05) is 5.56 Å². The van der Waals surface area contributed by atoms with Crippen molar-refractivity contribution in [1.29, 1.82) is 0 Å². The zero-order chi connectivity index (χ0) is 12.6. The largest absolute Gasteiger partial charge is 0.508 e. The van der Waals surface area contributed by atoms with Crippen molar-refractivity contribution in [3.63, 3.8) is 0 Å². The summed E-state index contributed by atoms with van der Waals surface area (Å²) in [7, 11) is -3.89. The smallest absolute Gasteiger partial charge is 0.424 e. The fraction of sp³-hybridized carbons (Fsp3) is 0.300. The molecule has 1 aromatic carbocycles. The van der Waals surface area contributed by atoms with Gasteiger partial charge >= 0.3 is 6.09 Å². The van der Waals surface area contributed by atoms with E-state index in [1.807, 2.05) is 0 Å². The summed E-state index contributed by atoms with van der Waals surface area (Å²) in [5.41, 5.74) is 0.223. The number of fused-ring (bicyclic) bond motifs is 1. The first kappa shape index (κ1) is 11.7. The van der Waals surface area contributed by atoms with Crippen LogP contribution in [0, 0.1) is 0 Å². The molecule has 0 atom stereocenters. The van der Waals surface area contributed by atoms with Crippen LogP contribution in [0.3, 0.4) is 0 Å². The normalized spacial score (nSPS) is 16.6. The van der Waals surface area contributed by atoms with Crippen LogP contribution in [0.5, 0.6) is 5.75 Å². The SMILES string of the molecule is CCOC(=O)N1Cc2c(O)cccc2S1(=O)=O. The highest BCUT2D eigenvalue weighted by Crippen LogP contribution is 2.35. The van der Waals surface area contributed by atoms with Crippen molar-refractivity contribution in [1.82, 2.24) is 4.31 Å². The second-order valence-corrected chi connectivity index (χ2v) is 5.30. The molecule has 0 spiro atoms. The summed E-state index contributed by atoms with van der Waals surface area (Å²) < 4.78 is 29.2. The van der Waals surface area contributed by atoms with Crippen molar-refractivity contribution in [3.8, 4) is 5.75 Å². The molecule has 1 heterocycles. The maximum absolute atomic E-state index is 12.0. The molecule has 1 aliphatic heterocycles. The number of ether oxygens (including phenoxy) is 1. The van der Waals surface area contributed by atoms with Gasteiger partial charge in [-0.25, -0.2) is 13.2 Å². The summed E-state index contributed by atoms with van der Waals surface area (Å²) >= 11 is 0. The predicted octanol–water partition coefficient (Wildman–Crippen LogP) is 1.05. The molecular formula is C10H11NO5S. The average Bonchev–Trinajstić information content (AvgIpc) is 2.53. The highest BCUT2D eigenvalue weighted by molar-refractivity contribution is 7.90. The molecule has 0 saturated carbocycles. The van der Waals surface area contributed by atoms with Crippen molar-refractivity contribution < 1.29 is 23.1 Å². The lowest BCUT2D eigenvalue weighted by Crippen LogP contribution is -2.31. The van der Waals surface area contributed by atoms with Gasteiger partial charge in [0.15, 0.2) is 0 Å². The van der Waals surface area contributed by atoms with Crippen molar-refractivity contribution >= 4 is 16.1 Å². The number of phenolic OH excluding ortho intramolecular Hbond substituents is 1. The molecule has 0 aromatic heterocycles. The number of hydrogen-bond acceptors (Lipinski definition) is 5. The average molecular weight is 257 g/mol. The highest BCUT2D eigenvalue weighted by Gasteiger charge is 2.40. The Morgan fingerprint density at radius 2 is 2.24 bits per heavy atom. The minimum Gasteiger partial charge on any atom is -0.508 e. The van der Waals surface area contributed by atoms with E-state index in [9.17, 15) is 18.3 Å².